The predicted octanol–water partition coefficient (Wildman–Crippen LogP) is 3.84. The van der Waals surface area contributed by atoms with Gasteiger partial charge in [-0.25, -0.2) is 4.98 Å². The SMILES string of the molecule is Cc1ccc2cc(CNCCc3ccccc3)c(N3CCC(O)CC3)nc2c1. The van der Waals surface area contributed by atoms with Crippen LogP contribution in [0, 0.1) is 6.92 Å². The molecule has 1 aromatic heterocycles. The normalized spacial score (nSPS) is 15.3. The van der Waals surface area contributed by atoms with Crippen molar-refractivity contribution < 1.29 is 5.11 Å². The molecule has 0 radical (unpaired) electrons. The van der Waals surface area contributed by atoms with E-state index in [1.807, 2.05) is 0 Å². The van der Waals surface area contributed by atoms with Crippen molar-refractivity contribution in [2.75, 3.05) is 24.5 Å². The van der Waals surface area contributed by atoms with Crippen LogP contribution in [-0.4, -0.2) is 35.8 Å². The maximum atomic E-state index is 9.87. The van der Waals surface area contributed by atoms with Gasteiger partial charge >= 0.3 is 0 Å². The second-order valence-corrected chi connectivity index (χ2v) is 7.80. The summed E-state index contributed by atoms with van der Waals surface area (Å²) in [5.41, 5.74) is 4.87. The number of aliphatic hydroxyl groups excluding tert-OH is 1. The Morgan fingerprint density at radius 3 is 2.64 bits per heavy atom. The standard InChI is InChI=1S/C24H29N3O/c1-18-7-8-20-16-21(17-25-12-9-19-5-3-2-4-6-19)24(26-23(20)15-18)27-13-10-22(28)11-14-27/h2-8,15-16,22,25,28H,9-14,17H2,1H3. The summed E-state index contributed by atoms with van der Waals surface area (Å²) >= 11 is 0. The number of aryl methyl sites for hydroxylation is 1. The average Bonchev–Trinajstić information content (AvgIpc) is 2.72. The highest BCUT2D eigenvalue weighted by Gasteiger charge is 2.21. The first-order valence-electron chi connectivity index (χ1n) is 10.3. The summed E-state index contributed by atoms with van der Waals surface area (Å²) in [6, 6.07) is 19.3. The Labute approximate surface area is 167 Å². The molecule has 0 aliphatic carbocycles. The zero-order valence-electron chi connectivity index (χ0n) is 16.6. The maximum absolute atomic E-state index is 9.87. The fourth-order valence-electron chi connectivity index (χ4n) is 3.89. The summed E-state index contributed by atoms with van der Waals surface area (Å²) in [4.78, 5) is 7.36. The van der Waals surface area contributed by atoms with E-state index in [1.165, 1.54) is 22.1 Å². The fraction of sp³-hybridized carbons (Fsp3) is 0.375. The molecule has 1 saturated heterocycles. The van der Waals surface area contributed by atoms with Gasteiger partial charge in [-0.05, 0) is 56.0 Å². The van der Waals surface area contributed by atoms with E-state index in [4.69, 9.17) is 4.98 Å². The minimum absolute atomic E-state index is 0.175. The second-order valence-electron chi connectivity index (χ2n) is 7.80. The second kappa shape index (κ2) is 8.72. The Balaban J connectivity index is 1.52. The van der Waals surface area contributed by atoms with Crippen LogP contribution in [0.15, 0.2) is 54.6 Å². The summed E-state index contributed by atoms with van der Waals surface area (Å²) in [5, 5.41) is 14.7. The first kappa shape index (κ1) is 18.9. The average molecular weight is 376 g/mol. The van der Waals surface area contributed by atoms with Crippen LogP contribution in [0.2, 0.25) is 0 Å². The molecule has 0 amide bonds. The number of aliphatic hydroxyl groups is 1. The van der Waals surface area contributed by atoms with E-state index in [1.54, 1.807) is 0 Å². The van der Waals surface area contributed by atoms with Gasteiger partial charge in [-0.3, -0.25) is 0 Å². The Kier molecular flexibility index (Phi) is 5.89. The van der Waals surface area contributed by atoms with Crippen LogP contribution in [0.25, 0.3) is 10.9 Å². The van der Waals surface area contributed by atoms with Gasteiger partial charge in [-0.1, -0.05) is 42.5 Å². The number of nitrogens with one attached hydrogen (secondary N) is 1. The van der Waals surface area contributed by atoms with E-state index in [0.29, 0.717) is 0 Å². The van der Waals surface area contributed by atoms with Crippen LogP contribution in [0.4, 0.5) is 5.82 Å². The largest absolute Gasteiger partial charge is 0.393 e. The number of nitrogens with zero attached hydrogens (tertiary/aromatic N) is 2. The van der Waals surface area contributed by atoms with Crippen molar-refractivity contribution in [1.82, 2.24) is 10.3 Å². The van der Waals surface area contributed by atoms with E-state index >= 15 is 0 Å². The van der Waals surface area contributed by atoms with E-state index in [9.17, 15) is 5.11 Å². The van der Waals surface area contributed by atoms with Crippen LogP contribution >= 0.6 is 0 Å². The van der Waals surface area contributed by atoms with Crippen LogP contribution in [-0.2, 0) is 13.0 Å². The minimum Gasteiger partial charge on any atom is -0.393 e. The van der Waals surface area contributed by atoms with Crippen molar-refractivity contribution >= 4 is 16.7 Å². The number of anilines is 1. The Bertz CT molecular complexity index is 918. The molecule has 4 rings (SSSR count). The topological polar surface area (TPSA) is 48.4 Å². The third-order valence-electron chi connectivity index (χ3n) is 5.54. The number of hydrogen-bond acceptors (Lipinski definition) is 4. The third kappa shape index (κ3) is 4.51. The monoisotopic (exact) mass is 375 g/mol. The molecule has 0 spiro atoms. The summed E-state index contributed by atoms with van der Waals surface area (Å²) in [6.07, 6.45) is 2.47. The molecule has 4 heteroatoms. The molecular formula is C24H29N3O. The van der Waals surface area contributed by atoms with Crippen LogP contribution < -0.4 is 10.2 Å². The van der Waals surface area contributed by atoms with E-state index in [-0.39, 0.29) is 6.10 Å². The van der Waals surface area contributed by atoms with Gasteiger partial charge in [0, 0.05) is 30.6 Å². The predicted molar refractivity (Wildman–Crippen MR) is 116 cm³/mol. The number of benzene rings is 2. The summed E-state index contributed by atoms with van der Waals surface area (Å²) in [5.74, 6) is 1.07. The molecule has 1 aliphatic rings. The van der Waals surface area contributed by atoms with E-state index < -0.39 is 0 Å². The zero-order valence-corrected chi connectivity index (χ0v) is 16.6. The fourth-order valence-corrected chi connectivity index (χ4v) is 3.89. The Morgan fingerprint density at radius 2 is 1.86 bits per heavy atom. The first-order valence-corrected chi connectivity index (χ1v) is 10.3. The molecule has 0 saturated carbocycles. The summed E-state index contributed by atoms with van der Waals surface area (Å²) in [6.45, 7) is 5.58. The Hall–Kier alpha value is -2.43. The van der Waals surface area contributed by atoms with Gasteiger partial charge in [0.15, 0.2) is 0 Å². The quantitative estimate of drug-likeness (QED) is 0.643. The lowest BCUT2D eigenvalue weighted by molar-refractivity contribution is 0.145. The summed E-state index contributed by atoms with van der Waals surface area (Å²) < 4.78 is 0. The molecule has 2 N–H and O–H groups in total. The van der Waals surface area contributed by atoms with Crippen molar-refractivity contribution in [2.45, 2.75) is 38.8 Å². The third-order valence-corrected chi connectivity index (χ3v) is 5.54. The lowest BCUT2D eigenvalue weighted by atomic mass is 10.1. The molecule has 3 aromatic rings. The number of piperidine rings is 1. The number of rotatable bonds is 6. The molecule has 146 valence electrons. The number of aromatic nitrogens is 1. The van der Waals surface area contributed by atoms with Crippen molar-refractivity contribution in [3.05, 3.63) is 71.3 Å². The highest BCUT2D eigenvalue weighted by molar-refractivity contribution is 5.82. The smallest absolute Gasteiger partial charge is 0.133 e. The number of fused-ring (bicyclic) bond motifs is 1. The van der Waals surface area contributed by atoms with Gasteiger partial charge < -0.3 is 15.3 Å². The van der Waals surface area contributed by atoms with Gasteiger partial charge in [-0.15, -0.1) is 0 Å². The van der Waals surface area contributed by atoms with Gasteiger partial charge in [0.05, 0.1) is 11.6 Å². The van der Waals surface area contributed by atoms with Crippen molar-refractivity contribution in [2.24, 2.45) is 0 Å². The van der Waals surface area contributed by atoms with Gasteiger partial charge in [0.1, 0.15) is 5.82 Å². The molecule has 2 aromatic carbocycles. The molecule has 1 aliphatic heterocycles. The molecule has 1 fully saturated rings. The van der Waals surface area contributed by atoms with Crippen LogP contribution in [0.3, 0.4) is 0 Å². The maximum Gasteiger partial charge on any atom is 0.133 e. The minimum atomic E-state index is -0.175. The Morgan fingerprint density at radius 1 is 1.07 bits per heavy atom. The van der Waals surface area contributed by atoms with E-state index in [2.05, 4.69) is 71.7 Å². The van der Waals surface area contributed by atoms with Gasteiger partial charge in [-0.2, -0.15) is 0 Å². The lowest BCUT2D eigenvalue weighted by Gasteiger charge is -2.32. The van der Waals surface area contributed by atoms with Gasteiger partial charge in [0.25, 0.3) is 0 Å². The molecule has 4 nitrogen and oxygen atoms in total. The molecule has 0 bridgehead atoms. The lowest BCUT2D eigenvalue weighted by Crippen LogP contribution is -2.37. The number of pyridine rings is 1. The van der Waals surface area contributed by atoms with Crippen molar-refractivity contribution in [3.8, 4) is 0 Å². The van der Waals surface area contributed by atoms with Crippen molar-refractivity contribution in [3.63, 3.8) is 0 Å². The number of hydrogen-bond donors (Lipinski definition) is 2. The van der Waals surface area contributed by atoms with Crippen molar-refractivity contribution in [1.29, 1.82) is 0 Å². The summed E-state index contributed by atoms with van der Waals surface area (Å²) in [7, 11) is 0. The molecule has 0 unspecified atom stereocenters. The molecular weight excluding hydrogens is 346 g/mol. The zero-order chi connectivity index (χ0) is 19.3. The van der Waals surface area contributed by atoms with Crippen LogP contribution in [0.5, 0.6) is 0 Å². The first-order chi connectivity index (χ1) is 13.7. The van der Waals surface area contributed by atoms with Gasteiger partial charge in [0.2, 0.25) is 0 Å². The highest BCUT2D eigenvalue weighted by Crippen LogP contribution is 2.27. The van der Waals surface area contributed by atoms with Crippen LogP contribution in [0.1, 0.15) is 29.5 Å². The molecule has 0 atom stereocenters. The molecule has 2 heterocycles. The van der Waals surface area contributed by atoms with E-state index in [0.717, 1.165) is 56.8 Å². The highest BCUT2D eigenvalue weighted by atomic mass is 16.3. The molecule has 28 heavy (non-hydrogen) atoms.